The number of sulfone groups is 1. The van der Waals surface area contributed by atoms with E-state index in [4.69, 9.17) is 11.6 Å². The van der Waals surface area contributed by atoms with Crippen LogP contribution in [0.4, 0.5) is 4.39 Å². The molecule has 0 amide bonds. The predicted molar refractivity (Wildman–Crippen MR) is 65.3 cm³/mol. The molecule has 0 saturated carbocycles. The van der Waals surface area contributed by atoms with Gasteiger partial charge in [-0.25, -0.2) is 12.8 Å². The Morgan fingerprint density at radius 3 is 2.76 bits per heavy atom. The van der Waals surface area contributed by atoms with Crippen molar-refractivity contribution in [2.75, 3.05) is 11.5 Å². The molecule has 17 heavy (non-hydrogen) atoms. The largest absolute Gasteiger partial charge is 0.307 e. The summed E-state index contributed by atoms with van der Waals surface area (Å²) in [4.78, 5) is 0. The van der Waals surface area contributed by atoms with Crippen molar-refractivity contribution in [1.29, 1.82) is 0 Å². The quantitative estimate of drug-likeness (QED) is 0.848. The average Bonchev–Trinajstić information content (AvgIpc) is 2.49. The SMILES string of the molecule is O=S1(=O)C[C@H](Cl)[C@H](NCc2cccc(F)c2)C1. The minimum atomic E-state index is -3.03. The first-order valence-electron chi connectivity index (χ1n) is 5.28. The summed E-state index contributed by atoms with van der Waals surface area (Å²) in [5.41, 5.74) is 0.776. The summed E-state index contributed by atoms with van der Waals surface area (Å²) in [6, 6.07) is 5.93. The van der Waals surface area contributed by atoms with Crippen molar-refractivity contribution >= 4 is 21.4 Å². The molecular formula is C11H13ClFNO2S. The van der Waals surface area contributed by atoms with Gasteiger partial charge in [0.15, 0.2) is 9.84 Å². The zero-order chi connectivity index (χ0) is 12.5. The minimum absolute atomic E-state index is 0.00930. The van der Waals surface area contributed by atoms with Crippen LogP contribution in [-0.4, -0.2) is 31.3 Å². The summed E-state index contributed by atoms with van der Waals surface area (Å²) in [5.74, 6) is -0.239. The zero-order valence-corrected chi connectivity index (χ0v) is 10.6. The van der Waals surface area contributed by atoms with Gasteiger partial charge >= 0.3 is 0 Å². The monoisotopic (exact) mass is 277 g/mol. The van der Waals surface area contributed by atoms with E-state index in [1.54, 1.807) is 12.1 Å². The fourth-order valence-electron chi connectivity index (χ4n) is 1.89. The van der Waals surface area contributed by atoms with Crippen LogP contribution in [0.25, 0.3) is 0 Å². The first kappa shape index (κ1) is 12.8. The van der Waals surface area contributed by atoms with Gasteiger partial charge in [-0.3, -0.25) is 0 Å². The third kappa shape index (κ3) is 3.40. The highest BCUT2D eigenvalue weighted by molar-refractivity contribution is 7.91. The van der Waals surface area contributed by atoms with Crippen molar-refractivity contribution in [3.63, 3.8) is 0 Å². The van der Waals surface area contributed by atoms with Crippen LogP contribution in [-0.2, 0) is 16.4 Å². The Balaban J connectivity index is 1.95. The van der Waals surface area contributed by atoms with Crippen molar-refractivity contribution in [3.8, 4) is 0 Å². The van der Waals surface area contributed by atoms with Crippen LogP contribution in [0.2, 0.25) is 0 Å². The van der Waals surface area contributed by atoms with E-state index in [1.165, 1.54) is 12.1 Å². The lowest BCUT2D eigenvalue weighted by atomic mass is 10.2. The molecule has 2 atom stereocenters. The van der Waals surface area contributed by atoms with E-state index in [0.717, 1.165) is 5.56 Å². The highest BCUT2D eigenvalue weighted by Gasteiger charge is 2.35. The van der Waals surface area contributed by atoms with E-state index in [-0.39, 0.29) is 23.4 Å². The van der Waals surface area contributed by atoms with Crippen molar-refractivity contribution in [1.82, 2.24) is 5.32 Å². The fourth-order valence-corrected chi connectivity index (χ4v) is 4.50. The number of rotatable bonds is 3. The Labute approximate surface area is 105 Å². The van der Waals surface area contributed by atoms with Gasteiger partial charge in [-0.2, -0.15) is 0 Å². The number of nitrogens with one attached hydrogen (secondary N) is 1. The van der Waals surface area contributed by atoms with Crippen molar-refractivity contribution < 1.29 is 12.8 Å². The predicted octanol–water partition coefficient (Wildman–Crippen LogP) is 1.32. The lowest BCUT2D eigenvalue weighted by Gasteiger charge is -2.14. The molecule has 1 N–H and O–H groups in total. The van der Waals surface area contributed by atoms with Gasteiger partial charge in [0.2, 0.25) is 0 Å². The Morgan fingerprint density at radius 1 is 1.41 bits per heavy atom. The van der Waals surface area contributed by atoms with Gasteiger partial charge in [0, 0.05) is 12.6 Å². The lowest BCUT2D eigenvalue weighted by molar-refractivity contribution is 0.555. The molecule has 1 fully saturated rings. The van der Waals surface area contributed by atoms with Crippen LogP contribution >= 0.6 is 11.6 Å². The number of halogens is 2. The van der Waals surface area contributed by atoms with Crippen LogP contribution < -0.4 is 5.32 Å². The fraction of sp³-hybridized carbons (Fsp3) is 0.455. The molecule has 0 unspecified atom stereocenters. The van der Waals surface area contributed by atoms with Gasteiger partial charge in [-0.05, 0) is 17.7 Å². The first-order valence-corrected chi connectivity index (χ1v) is 7.54. The van der Waals surface area contributed by atoms with E-state index in [9.17, 15) is 12.8 Å². The van der Waals surface area contributed by atoms with Gasteiger partial charge in [0.25, 0.3) is 0 Å². The molecule has 0 radical (unpaired) electrons. The summed E-state index contributed by atoms with van der Waals surface area (Å²) >= 11 is 5.94. The Hall–Kier alpha value is -0.650. The van der Waals surface area contributed by atoms with E-state index in [0.29, 0.717) is 6.54 Å². The summed E-state index contributed by atoms with van der Waals surface area (Å²) in [5, 5.41) is 2.64. The van der Waals surface area contributed by atoms with Crippen molar-refractivity contribution in [3.05, 3.63) is 35.6 Å². The zero-order valence-electron chi connectivity index (χ0n) is 9.07. The molecule has 1 saturated heterocycles. The van der Waals surface area contributed by atoms with Crippen LogP contribution in [0.15, 0.2) is 24.3 Å². The second-order valence-electron chi connectivity index (χ2n) is 4.21. The van der Waals surface area contributed by atoms with Crippen LogP contribution in [0.5, 0.6) is 0 Å². The van der Waals surface area contributed by atoms with E-state index in [1.807, 2.05) is 0 Å². The second-order valence-corrected chi connectivity index (χ2v) is 6.92. The van der Waals surface area contributed by atoms with Crippen molar-refractivity contribution in [2.45, 2.75) is 18.0 Å². The third-order valence-corrected chi connectivity index (χ3v) is 5.12. The second kappa shape index (κ2) is 4.92. The maximum Gasteiger partial charge on any atom is 0.153 e. The normalized spacial score (nSPS) is 27.2. The summed E-state index contributed by atoms with van der Waals surface area (Å²) in [6.45, 7) is 0.418. The van der Waals surface area contributed by atoms with Gasteiger partial charge in [-0.15, -0.1) is 11.6 Å². The molecule has 1 aliphatic rings. The molecule has 1 aromatic rings. The third-order valence-electron chi connectivity index (χ3n) is 2.74. The van der Waals surface area contributed by atoms with Gasteiger partial charge in [0.1, 0.15) is 5.82 Å². The topological polar surface area (TPSA) is 46.2 Å². The molecule has 1 aliphatic heterocycles. The number of benzene rings is 1. The van der Waals surface area contributed by atoms with Crippen LogP contribution in [0.3, 0.4) is 0 Å². The minimum Gasteiger partial charge on any atom is -0.307 e. The standard InChI is InChI=1S/C11H13ClFNO2S/c12-10-6-17(15,16)7-11(10)14-5-8-2-1-3-9(13)4-8/h1-4,10-11,14H,5-7H2/t10-,11+/m0/s1. The molecule has 0 aromatic heterocycles. The number of hydrogen-bond acceptors (Lipinski definition) is 3. The van der Waals surface area contributed by atoms with Crippen LogP contribution in [0.1, 0.15) is 5.56 Å². The highest BCUT2D eigenvalue weighted by atomic mass is 35.5. The average molecular weight is 278 g/mol. The van der Waals surface area contributed by atoms with Gasteiger partial charge in [0.05, 0.1) is 16.9 Å². The number of hydrogen-bond donors (Lipinski definition) is 1. The molecular weight excluding hydrogens is 265 g/mol. The molecule has 6 heteroatoms. The summed E-state index contributed by atoms with van der Waals surface area (Å²) < 4.78 is 35.6. The first-order chi connectivity index (χ1) is 7.96. The van der Waals surface area contributed by atoms with Crippen LogP contribution in [0, 0.1) is 5.82 Å². The molecule has 1 heterocycles. The smallest absolute Gasteiger partial charge is 0.153 e. The molecule has 1 aromatic carbocycles. The molecule has 94 valence electrons. The Bertz CT molecular complexity index is 506. The Kier molecular flexibility index (Phi) is 3.70. The molecule has 0 bridgehead atoms. The maximum absolute atomic E-state index is 12.9. The van der Waals surface area contributed by atoms with Crippen molar-refractivity contribution in [2.24, 2.45) is 0 Å². The van der Waals surface area contributed by atoms with Gasteiger partial charge in [-0.1, -0.05) is 12.1 Å². The Morgan fingerprint density at radius 2 is 2.18 bits per heavy atom. The maximum atomic E-state index is 12.9. The summed E-state index contributed by atoms with van der Waals surface area (Å²) in [7, 11) is -3.03. The molecule has 2 rings (SSSR count). The van der Waals surface area contributed by atoms with E-state index in [2.05, 4.69) is 5.32 Å². The molecule has 3 nitrogen and oxygen atoms in total. The van der Waals surface area contributed by atoms with E-state index >= 15 is 0 Å². The van der Waals surface area contributed by atoms with Gasteiger partial charge < -0.3 is 5.32 Å². The highest BCUT2D eigenvalue weighted by Crippen LogP contribution is 2.18. The summed E-state index contributed by atoms with van der Waals surface area (Å²) in [6.07, 6.45) is 0. The molecule has 0 aliphatic carbocycles. The molecule has 0 spiro atoms. The number of alkyl halides is 1. The van der Waals surface area contributed by atoms with E-state index < -0.39 is 15.2 Å². The lowest BCUT2D eigenvalue weighted by Crippen LogP contribution is -2.35.